The maximum Gasteiger partial charge on any atom is 0.346 e. The number of hydrogen-bond donors (Lipinski definition) is 1. The standard InChI is InChI=1S/C11H8N2O5S/c1-6-5-19-11(12-6)18-8-4-2-3-7(13(16)17)9(8)10(14)15/h2-5H,1H3,(H,14,15). The molecule has 0 amide bonds. The van der Waals surface area contributed by atoms with Crippen molar-refractivity contribution in [2.45, 2.75) is 6.92 Å². The van der Waals surface area contributed by atoms with Gasteiger partial charge in [-0.2, -0.15) is 0 Å². The average molecular weight is 280 g/mol. The summed E-state index contributed by atoms with van der Waals surface area (Å²) in [5.41, 5.74) is -0.277. The van der Waals surface area contributed by atoms with Gasteiger partial charge in [0.1, 0.15) is 0 Å². The number of rotatable bonds is 4. The van der Waals surface area contributed by atoms with Gasteiger partial charge in [0.05, 0.1) is 10.6 Å². The molecule has 1 N–H and O–H groups in total. The van der Waals surface area contributed by atoms with Crippen LogP contribution in [0.5, 0.6) is 10.9 Å². The Morgan fingerprint density at radius 2 is 2.26 bits per heavy atom. The summed E-state index contributed by atoms with van der Waals surface area (Å²) in [6.45, 7) is 1.76. The molecule has 0 bridgehead atoms. The minimum Gasteiger partial charge on any atom is -0.477 e. The highest BCUT2D eigenvalue weighted by Crippen LogP contribution is 2.32. The summed E-state index contributed by atoms with van der Waals surface area (Å²) in [7, 11) is 0. The topological polar surface area (TPSA) is 103 Å². The summed E-state index contributed by atoms with van der Waals surface area (Å²) in [6, 6.07) is 3.83. The second kappa shape index (κ2) is 5.02. The van der Waals surface area contributed by atoms with Crippen molar-refractivity contribution in [3.8, 4) is 10.9 Å². The fraction of sp³-hybridized carbons (Fsp3) is 0.0909. The van der Waals surface area contributed by atoms with Crippen LogP contribution in [0.25, 0.3) is 0 Å². The Morgan fingerprint density at radius 3 is 2.79 bits per heavy atom. The van der Waals surface area contributed by atoms with Crippen LogP contribution in [0.3, 0.4) is 0 Å². The maximum absolute atomic E-state index is 11.1. The van der Waals surface area contributed by atoms with Crippen LogP contribution in [0.15, 0.2) is 23.6 Å². The van der Waals surface area contributed by atoms with Crippen molar-refractivity contribution < 1.29 is 19.6 Å². The highest BCUT2D eigenvalue weighted by atomic mass is 32.1. The largest absolute Gasteiger partial charge is 0.477 e. The number of aromatic nitrogens is 1. The first-order valence-electron chi connectivity index (χ1n) is 5.09. The van der Waals surface area contributed by atoms with Gasteiger partial charge in [0.15, 0.2) is 11.3 Å². The molecule has 2 rings (SSSR count). The molecule has 1 aromatic heterocycles. The third-order valence-corrected chi connectivity index (χ3v) is 3.05. The van der Waals surface area contributed by atoms with E-state index >= 15 is 0 Å². The van der Waals surface area contributed by atoms with Crippen molar-refractivity contribution in [1.82, 2.24) is 4.98 Å². The zero-order valence-corrected chi connectivity index (χ0v) is 10.5. The van der Waals surface area contributed by atoms with Gasteiger partial charge < -0.3 is 9.84 Å². The predicted octanol–water partition coefficient (Wildman–Crippen LogP) is 2.85. The Labute approximate surface area is 111 Å². The van der Waals surface area contributed by atoms with Gasteiger partial charge in [-0.25, -0.2) is 9.78 Å². The molecule has 0 fully saturated rings. The monoisotopic (exact) mass is 280 g/mol. The molecule has 7 nitrogen and oxygen atoms in total. The number of aryl methyl sites for hydroxylation is 1. The van der Waals surface area contributed by atoms with E-state index in [4.69, 9.17) is 9.84 Å². The van der Waals surface area contributed by atoms with Crippen molar-refractivity contribution in [2.24, 2.45) is 0 Å². The lowest BCUT2D eigenvalue weighted by Gasteiger charge is -2.05. The number of carboxylic acids is 1. The van der Waals surface area contributed by atoms with Crippen LogP contribution in [0.4, 0.5) is 5.69 Å². The Kier molecular flexibility index (Phi) is 3.43. The van der Waals surface area contributed by atoms with Gasteiger partial charge in [-0.15, -0.1) is 0 Å². The van der Waals surface area contributed by atoms with Crippen molar-refractivity contribution >= 4 is 23.0 Å². The van der Waals surface area contributed by atoms with Crippen LogP contribution in [0.2, 0.25) is 0 Å². The summed E-state index contributed by atoms with van der Waals surface area (Å²) >= 11 is 1.18. The van der Waals surface area contributed by atoms with Crippen LogP contribution in [-0.2, 0) is 0 Å². The summed E-state index contributed by atoms with van der Waals surface area (Å²) in [6.07, 6.45) is 0. The van der Waals surface area contributed by atoms with E-state index in [2.05, 4.69) is 4.98 Å². The fourth-order valence-electron chi connectivity index (χ4n) is 1.45. The molecule has 2 aromatic rings. The molecular formula is C11H8N2O5S. The van der Waals surface area contributed by atoms with Crippen molar-refractivity contribution in [1.29, 1.82) is 0 Å². The molecule has 19 heavy (non-hydrogen) atoms. The fourth-order valence-corrected chi connectivity index (χ4v) is 2.10. The number of nitro groups is 1. The Hall–Kier alpha value is -2.48. The van der Waals surface area contributed by atoms with E-state index in [9.17, 15) is 14.9 Å². The van der Waals surface area contributed by atoms with Crippen molar-refractivity contribution in [2.75, 3.05) is 0 Å². The maximum atomic E-state index is 11.1. The van der Waals surface area contributed by atoms with Crippen molar-refractivity contribution in [3.63, 3.8) is 0 Å². The second-order valence-electron chi connectivity index (χ2n) is 3.57. The zero-order valence-electron chi connectivity index (χ0n) is 9.69. The number of ether oxygens (including phenoxy) is 1. The number of nitro benzene ring substituents is 1. The quantitative estimate of drug-likeness (QED) is 0.682. The SMILES string of the molecule is Cc1csc(Oc2cccc([N+](=O)[O-])c2C(=O)O)n1. The van der Waals surface area contributed by atoms with Gasteiger partial charge in [-0.05, 0) is 13.0 Å². The Morgan fingerprint density at radius 1 is 1.53 bits per heavy atom. The molecule has 0 saturated heterocycles. The molecule has 1 heterocycles. The minimum atomic E-state index is -1.42. The number of hydrogen-bond acceptors (Lipinski definition) is 6. The zero-order chi connectivity index (χ0) is 14.0. The first-order valence-corrected chi connectivity index (χ1v) is 5.97. The van der Waals surface area contributed by atoms with Crippen LogP contribution < -0.4 is 4.74 Å². The number of aromatic carboxylic acids is 1. The van der Waals surface area contributed by atoms with E-state index in [0.717, 1.165) is 11.8 Å². The van der Waals surface area contributed by atoms with E-state index in [1.54, 1.807) is 12.3 Å². The number of thiazole rings is 1. The highest BCUT2D eigenvalue weighted by molar-refractivity contribution is 7.11. The van der Waals surface area contributed by atoms with Gasteiger partial charge in [0, 0.05) is 11.4 Å². The Balaban J connectivity index is 2.47. The van der Waals surface area contributed by atoms with E-state index in [-0.39, 0.29) is 10.9 Å². The second-order valence-corrected chi connectivity index (χ2v) is 4.39. The summed E-state index contributed by atoms with van der Waals surface area (Å²) in [5.74, 6) is -1.52. The van der Waals surface area contributed by atoms with E-state index in [1.807, 2.05) is 0 Å². The van der Waals surface area contributed by atoms with Crippen LogP contribution in [0.1, 0.15) is 16.1 Å². The summed E-state index contributed by atoms with van der Waals surface area (Å²) < 4.78 is 5.30. The first kappa shape index (κ1) is 13.0. The summed E-state index contributed by atoms with van der Waals surface area (Å²) in [4.78, 5) is 25.2. The van der Waals surface area contributed by atoms with Crippen LogP contribution in [0, 0.1) is 17.0 Å². The molecule has 0 aliphatic carbocycles. The van der Waals surface area contributed by atoms with Crippen molar-refractivity contribution in [3.05, 3.63) is 45.0 Å². The Bertz CT molecular complexity index is 652. The predicted molar refractivity (Wildman–Crippen MR) is 67.0 cm³/mol. The normalized spacial score (nSPS) is 10.2. The molecule has 0 aliphatic rings. The van der Waals surface area contributed by atoms with Gasteiger partial charge in [-0.1, -0.05) is 17.4 Å². The van der Waals surface area contributed by atoms with Gasteiger partial charge in [-0.3, -0.25) is 10.1 Å². The molecule has 8 heteroatoms. The highest BCUT2D eigenvalue weighted by Gasteiger charge is 2.25. The lowest BCUT2D eigenvalue weighted by molar-refractivity contribution is -0.385. The van der Waals surface area contributed by atoms with Gasteiger partial charge in [0.2, 0.25) is 0 Å². The molecule has 1 aromatic carbocycles. The van der Waals surface area contributed by atoms with Crippen LogP contribution >= 0.6 is 11.3 Å². The molecule has 0 aliphatic heterocycles. The molecule has 0 atom stereocenters. The molecule has 98 valence electrons. The summed E-state index contributed by atoms with van der Waals surface area (Å²) in [5, 5.41) is 21.9. The van der Waals surface area contributed by atoms with E-state index in [0.29, 0.717) is 0 Å². The van der Waals surface area contributed by atoms with Gasteiger partial charge >= 0.3 is 5.97 Å². The molecule has 0 spiro atoms. The lowest BCUT2D eigenvalue weighted by atomic mass is 10.1. The average Bonchev–Trinajstić information content (AvgIpc) is 2.74. The number of carboxylic acid groups (broad SMARTS) is 1. The van der Waals surface area contributed by atoms with Gasteiger partial charge in [0.25, 0.3) is 10.9 Å². The van der Waals surface area contributed by atoms with E-state index in [1.165, 1.54) is 23.5 Å². The first-order chi connectivity index (χ1) is 8.99. The number of carbonyl (C=O) groups is 1. The molecule has 0 saturated carbocycles. The van der Waals surface area contributed by atoms with Crippen LogP contribution in [-0.4, -0.2) is 21.0 Å². The third kappa shape index (κ3) is 2.68. The molecular weight excluding hydrogens is 272 g/mol. The lowest BCUT2D eigenvalue weighted by Crippen LogP contribution is -2.05. The third-order valence-electron chi connectivity index (χ3n) is 2.21. The number of nitrogens with zero attached hydrogens (tertiary/aromatic N) is 2. The van der Waals surface area contributed by atoms with E-state index < -0.39 is 22.1 Å². The number of benzene rings is 1. The molecule has 0 unspecified atom stereocenters. The molecule has 0 radical (unpaired) electrons. The minimum absolute atomic E-state index is 0.101. The smallest absolute Gasteiger partial charge is 0.346 e.